The van der Waals surface area contributed by atoms with Crippen molar-refractivity contribution in [3.05, 3.63) is 10.1 Å². The number of rotatable bonds is 7. The van der Waals surface area contributed by atoms with Crippen molar-refractivity contribution in [1.82, 2.24) is 0 Å². The van der Waals surface area contributed by atoms with Gasteiger partial charge in [0, 0.05) is 13.7 Å². The quantitative estimate of drug-likeness (QED) is 0.211. The topological polar surface area (TPSA) is 78.7 Å². The van der Waals surface area contributed by atoms with E-state index in [1.165, 1.54) is 7.11 Å². The summed E-state index contributed by atoms with van der Waals surface area (Å²) in [7, 11) is 1.47. The van der Waals surface area contributed by atoms with Crippen LogP contribution in [0, 0.1) is 10.1 Å². The lowest BCUT2D eigenvalue weighted by Crippen LogP contribution is -2.38. The maximum Gasteiger partial charge on any atom is 0.613 e. The molecule has 0 radical (unpaired) electrons. The molecule has 0 aliphatic carbocycles. The first-order valence-corrected chi connectivity index (χ1v) is 4.11. The van der Waals surface area contributed by atoms with Gasteiger partial charge in [0.1, 0.15) is 4.92 Å². The van der Waals surface area contributed by atoms with Crippen LogP contribution < -0.4 is 0 Å². The molecule has 0 saturated carbocycles. The zero-order valence-electron chi connectivity index (χ0n) is 8.07. The molecular formula is C7H11F2NO5. The van der Waals surface area contributed by atoms with E-state index in [-0.39, 0.29) is 6.61 Å². The Kier molecular flexibility index (Phi) is 5.68. The van der Waals surface area contributed by atoms with E-state index in [4.69, 9.17) is 0 Å². The SMILES string of the molecule is COCCCCOC(=O)C(F)(F)[N+](=O)[O-]. The summed E-state index contributed by atoms with van der Waals surface area (Å²) in [6.07, 6.45) is 0.835. The third-order valence-electron chi connectivity index (χ3n) is 1.45. The Morgan fingerprint density at radius 2 is 1.93 bits per heavy atom. The molecule has 0 amide bonds. The summed E-state index contributed by atoms with van der Waals surface area (Å²) in [5, 5.41) is 9.73. The molecule has 0 atom stereocenters. The first kappa shape index (κ1) is 13.7. The van der Waals surface area contributed by atoms with Crippen LogP contribution in [-0.4, -0.2) is 37.3 Å². The maximum absolute atomic E-state index is 12.3. The van der Waals surface area contributed by atoms with Crippen molar-refractivity contribution in [2.24, 2.45) is 0 Å². The Morgan fingerprint density at radius 1 is 1.40 bits per heavy atom. The molecule has 15 heavy (non-hydrogen) atoms. The van der Waals surface area contributed by atoms with Crippen molar-refractivity contribution in [1.29, 1.82) is 0 Å². The van der Waals surface area contributed by atoms with Crippen LogP contribution in [-0.2, 0) is 14.3 Å². The molecule has 0 rings (SSSR count). The molecule has 8 heteroatoms. The molecule has 88 valence electrons. The van der Waals surface area contributed by atoms with Gasteiger partial charge in [-0.3, -0.25) is 10.1 Å². The second-order valence-electron chi connectivity index (χ2n) is 2.63. The number of methoxy groups -OCH3 is 1. The molecule has 0 unspecified atom stereocenters. The summed E-state index contributed by atoms with van der Waals surface area (Å²) in [6, 6.07) is -4.67. The summed E-state index contributed by atoms with van der Waals surface area (Å²) in [5.74, 6) is -2.13. The van der Waals surface area contributed by atoms with Gasteiger partial charge in [-0.1, -0.05) is 0 Å². The van der Waals surface area contributed by atoms with Crippen LogP contribution in [0.15, 0.2) is 0 Å². The first-order valence-electron chi connectivity index (χ1n) is 4.11. The Hall–Kier alpha value is -1.31. The zero-order valence-corrected chi connectivity index (χ0v) is 8.07. The van der Waals surface area contributed by atoms with Crippen molar-refractivity contribution in [3.63, 3.8) is 0 Å². The first-order chi connectivity index (χ1) is 6.92. The number of carbonyl (C=O) groups is 1. The average molecular weight is 227 g/mol. The van der Waals surface area contributed by atoms with Gasteiger partial charge < -0.3 is 9.47 Å². The van der Waals surface area contributed by atoms with Gasteiger partial charge in [-0.05, 0) is 12.8 Å². The van der Waals surface area contributed by atoms with E-state index in [1.807, 2.05) is 0 Å². The molecule has 0 saturated heterocycles. The van der Waals surface area contributed by atoms with Gasteiger partial charge in [-0.2, -0.15) is 0 Å². The second-order valence-corrected chi connectivity index (χ2v) is 2.63. The largest absolute Gasteiger partial charge is 0.613 e. The van der Waals surface area contributed by atoms with Gasteiger partial charge in [0.15, 0.2) is 0 Å². The van der Waals surface area contributed by atoms with E-state index in [2.05, 4.69) is 9.47 Å². The lowest BCUT2D eigenvalue weighted by Gasteiger charge is -2.06. The summed E-state index contributed by atoms with van der Waals surface area (Å²) >= 11 is 0. The lowest BCUT2D eigenvalue weighted by atomic mass is 10.3. The monoisotopic (exact) mass is 227 g/mol. The van der Waals surface area contributed by atoms with Crippen molar-refractivity contribution in [2.45, 2.75) is 18.9 Å². The number of halogens is 2. The van der Waals surface area contributed by atoms with Crippen LogP contribution in [0.1, 0.15) is 12.8 Å². The van der Waals surface area contributed by atoms with E-state index >= 15 is 0 Å². The molecule has 0 heterocycles. The molecule has 0 bridgehead atoms. The molecule has 0 aromatic carbocycles. The second kappa shape index (κ2) is 6.23. The van der Waals surface area contributed by atoms with Crippen LogP contribution in [0.2, 0.25) is 0 Å². The smallest absolute Gasteiger partial charge is 0.456 e. The van der Waals surface area contributed by atoms with Crippen molar-refractivity contribution < 1.29 is 28.0 Å². The fourth-order valence-corrected chi connectivity index (χ4v) is 0.675. The Bertz CT molecular complexity index is 233. The van der Waals surface area contributed by atoms with Gasteiger partial charge in [0.25, 0.3) is 0 Å². The van der Waals surface area contributed by atoms with E-state index in [1.54, 1.807) is 0 Å². The summed E-state index contributed by atoms with van der Waals surface area (Å²) < 4.78 is 33.3. The summed E-state index contributed by atoms with van der Waals surface area (Å²) in [5.41, 5.74) is 0. The molecule has 0 aromatic heterocycles. The number of unbranched alkanes of at least 4 members (excludes halogenated alkanes) is 1. The highest BCUT2D eigenvalue weighted by Crippen LogP contribution is 2.15. The highest BCUT2D eigenvalue weighted by molar-refractivity contribution is 5.75. The predicted molar refractivity (Wildman–Crippen MR) is 44.0 cm³/mol. The van der Waals surface area contributed by atoms with Crippen LogP contribution in [0.5, 0.6) is 0 Å². The highest BCUT2D eigenvalue weighted by Gasteiger charge is 2.55. The van der Waals surface area contributed by atoms with E-state index in [9.17, 15) is 23.7 Å². The number of hydrogen-bond donors (Lipinski definition) is 0. The third-order valence-corrected chi connectivity index (χ3v) is 1.45. The van der Waals surface area contributed by atoms with Gasteiger partial charge in [0.05, 0.1) is 6.61 Å². The third kappa shape index (κ3) is 4.63. The maximum atomic E-state index is 12.3. The van der Waals surface area contributed by atoms with Gasteiger partial charge >= 0.3 is 12.0 Å². The van der Waals surface area contributed by atoms with E-state index < -0.39 is 16.9 Å². The van der Waals surface area contributed by atoms with Crippen molar-refractivity contribution in [3.8, 4) is 0 Å². The molecule has 0 N–H and O–H groups in total. The number of hydrogen-bond acceptors (Lipinski definition) is 5. The summed E-state index contributed by atoms with van der Waals surface area (Å²) in [6.45, 7) is 0.120. The van der Waals surface area contributed by atoms with Crippen LogP contribution in [0.4, 0.5) is 8.78 Å². The molecule has 0 spiro atoms. The Balaban J connectivity index is 3.79. The minimum atomic E-state index is -4.67. The number of nitrogens with zero attached hydrogens (tertiary/aromatic N) is 1. The van der Waals surface area contributed by atoms with Crippen LogP contribution in [0.25, 0.3) is 0 Å². The van der Waals surface area contributed by atoms with Crippen molar-refractivity contribution in [2.75, 3.05) is 20.3 Å². The minimum absolute atomic E-state index is 0.286. The number of alkyl halides is 2. The van der Waals surface area contributed by atoms with E-state index in [0.29, 0.717) is 19.4 Å². The number of nitro groups is 1. The zero-order chi connectivity index (χ0) is 11.9. The number of esters is 1. The fraction of sp³-hybridized carbons (Fsp3) is 0.857. The van der Waals surface area contributed by atoms with Crippen molar-refractivity contribution >= 4 is 5.97 Å². The minimum Gasteiger partial charge on any atom is -0.456 e. The number of carbonyl (C=O) groups excluding carboxylic acids is 1. The normalized spacial score (nSPS) is 11.1. The van der Waals surface area contributed by atoms with Crippen LogP contribution in [0.3, 0.4) is 0 Å². The Morgan fingerprint density at radius 3 is 2.40 bits per heavy atom. The number of ether oxygens (including phenoxy) is 2. The molecule has 0 aliphatic heterocycles. The fourth-order valence-electron chi connectivity index (χ4n) is 0.675. The summed E-state index contributed by atoms with van der Waals surface area (Å²) in [4.78, 5) is 18.2. The lowest BCUT2D eigenvalue weighted by molar-refractivity contribution is -0.625. The van der Waals surface area contributed by atoms with Crippen LogP contribution >= 0.6 is 0 Å². The molecule has 0 aromatic rings. The van der Waals surface area contributed by atoms with Gasteiger partial charge in [0.2, 0.25) is 0 Å². The molecule has 0 aliphatic rings. The standard InChI is InChI=1S/C7H11F2NO5/c1-14-4-2-3-5-15-6(11)7(8,9)10(12)13/h2-5H2,1H3. The Labute approximate surface area is 84.3 Å². The highest BCUT2D eigenvalue weighted by atomic mass is 19.3. The van der Waals surface area contributed by atoms with Gasteiger partial charge in [-0.25, -0.2) is 4.79 Å². The molecule has 0 fully saturated rings. The average Bonchev–Trinajstić information content (AvgIpc) is 2.16. The van der Waals surface area contributed by atoms with E-state index in [0.717, 1.165) is 0 Å². The van der Waals surface area contributed by atoms with Gasteiger partial charge in [-0.15, -0.1) is 8.78 Å². The molecule has 6 nitrogen and oxygen atoms in total. The predicted octanol–water partition coefficient (Wildman–Crippen LogP) is 0.826. The molecular weight excluding hydrogens is 216 g/mol.